The standard InChI is InChI=1S/C24H24N2O2S/c1-26(16-19-6-5-15-29-19)23(27)14-13-21-20-7-3-4-8-22(20)25-24(21)17-9-11-18(28-2)12-10-17/h3-12,15,25H,13-14,16H2,1-2H3. The number of hydrogen-bond donors (Lipinski definition) is 1. The number of rotatable bonds is 7. The largest absolute Gasteiger partial charge is 0.497 e. The van der Waals surface area contributed by atoms with Crippen molar-refractivity contribution >= 4 is 28.1 Å². The summed E-state index contributed by atoms with van der Waals surface area (Å²) in [7, 11) is 3.54. The van der Waals surface area contributed by atoms with Gasteiger partial charge < -0.3 is 14.6 Å². The number of aromatic nitrogens is 1. The fourth-order valence-electron chi connectivity index (χ4n) is 3.61. The number of hydrogen-bond acceptors (Lipinski definition) is 3. The Morgan fingerprint density at radius 2 is 1.86 bits per heavy atom. The lowest BCUT2D eigenvalue weighted by molar-refractivity contribution is -0.130. The summed E-state index contributed by atoms with van der Waals surface area (Å²) < 4.78 is 5.28. The van der Waals surface area contributed by atoms with Gasteiger partial charge in [0.05, 0.1) is 13.7 Å². The third kappa shape index (κ3) is 4.20. The molecule has 1 N–H and O–H groups in total. The monoisotopic (exact) mass is 404 g/mol. The SMILES string of the molecule is COc1ccc(-c2[nH]c3ccccc3c2CCC(=O)N(C)Cc2cccs2)cc1. The van der Waals surface area contributed by atoms with Gasteiger partial charge in [-0.25, -0.2) is 0 Å². The molecule has 148 valence electrons. The molecule has 0 radical (unpaired) electrons. The summed E-state index contributed by atoms with van der Waals surface area (Å²) in [5.74, 6) is 0.987. The van der Waals surface area contributed by atoms with Crippen LogP contribution in [-0.2, 0) is 17.8 Å². The summed E-state index contributed by atoms with van der Waals surface area (Å²) in [5.41, 5.74) is 4.44. The van der Waals surface area contributed by atoms with E-state index in [1.807, 2.05) is 47.7 Å². The Labute approximate surface area is 174 Å². The van der Waals surface area contributed by atoms with Gasteiger partial charge in [-0.3, -0.25) is 4.79 Å². The van der Waals surface area contributed by atoms with Gasteiger partial charge in [0.2, 0.25) is 5.91 Å². The van der Waals surface area contributed by atoms with Crippen LogP contribution in [0.5, 0.6) is 5.75 Å². The van der Waals surface area contributed by atoms with Crippen molar-refractivity contribution in [1.29, 1.82) is 0 Å². The minimum Gasteiger partial charge on any atom is -0.497 e. The minimum absolute atomic E-state index is 0.157. The Kier molecular flexibility index (Phi) is 5.67. The molecule has 29 heavy (non-hydrogen) atoms. The lowest BCUT2D eigenvalue weighted by atomic mass is 10.0. The van der Waals surface area contributed by atoms with E-state index in [-0.39, 0.29) is 5.91 Å². The van der Waals surface area contributed by atoms with E-state index in [9.17, 15) is 4.79 Å². The van der Waals surface area contributed by atoms with Gasteiger partial charge in [0.1, 0.15) is 5.75 Å². The second kappa shape index (κ2) is 8.53. The first-order chi connectivity index (χ1) is 14.2. The number of para-hydroxylation sites is 1. The maximum Gasteiger partial charge on any atom is 0.222 e. The van der Waals surface area contributed by atoms with E-state index in [1.165, 1.54) is 15.8 Å². The van der Waals surface area contributed by atoms with Gasteiger partial charge in [0, 0.05) is 34.9 Å². The van der Waals surface area contributed by atoms with E-state index in [4.69, 9.17) is 4.74 Å². The lowest BCUT2D eigenvalue weighted by Gasteiger charge is -2.16. The summed E-state index contributed by atoms with van der Waals surface area (Å²) >= 11 is 1.68. The highest BCUT2D eigenvalue weighted by atomic mass is 32.1. The smallest absolute Gasteiger partial charge is 0.222 e. The number of aryl methyl sites for hydroxylation is 1. The van der Waals surface area contributed by atoms with Crippen LogP contribution in [0.25, 0.3) is 22.2 Å². The summed E-state index contributed by atoms with van der Waals surface area (Å²) in [6.45, 7) is 0.662. The zero-order valence-corrected chi connectivity index (χ0v) is 17.5. The fraction of sp³-hybridized carbons (Fsp3) is 0.208. The molecular weight excluding hydrogens is 380 g/mol. The molecule has 0 atom stereocenters. The highest BCUT2D eigenvalue weighted by Gasteiger charge is 2.16. The second-order valence-corrected chi connectivity index (χ2v) is 8.11. The van der Waals surface area contributed by atoms with Crippen LogP contribution in [0.2, 0.25) is 0 Å². The van der Waals surface area contributed by atoms with Gasteiger partial charge >= 0.3 is 0 Å². The molecular formula is C24H24N2O2S. The minimum atomic E-state index is 0.157. The van der Waals surface area contributed by atoms with Crippen LogP contribution in [0.1, 0.15) is 16.9 Å². The molecule has 0 saturated carbocycles. The molecule has 2 aromatic heterocycles. The predicted octanol–water partition coefficient (Wildman–Crippen LogP) is 5.50. The average molecular weight is 405 g/mol. The number of thiophene rings is 1. The Balaban J connectivity index is 1.57. The molecule has 0 aliphatic carbocycles. The van der Waals surface area contributed by atoms with E-state index < -0.39 is 0 Å². The van der Waals surface area contributed by atoms with E-state index in [0.29, 0.717) is 19.4 Å². The highest BCUT2D eigenvalue weighted by Crippen LogP contribution is 2.32. The van der Waals surface area contributed by atoms with Gasteiger partial charge in [-0.15, -0.1) is 11.3 Å². The number of methoxy groups -OCH3 is 1. The zero-order valence-electron chi connectivity index (χ0n) is 16.6. The van der Waals surface area contributed by atoms with Crippen molar-refractivity contribution < 1.29 is 9.53 Å². The summed E-state index contributed by atoms with van der Waals surface area (Å²) in [4.78, 5) is 19.3. The van der Waals surface area contributed by atoms with Gasteiger partial charge in [-0.2, -0.15) is 0 Å². The number of ether oxygens (including phenoxy) is 1. The van der Waals surface area contributed by atoms with Crippen LogP contribution in [0.4, 0.5) is 0 Å². The number of aromatic amines is 1. The number of nitrogens with zero attached hydrogens (tertiary/aromatic N) is 1. The number of benzene rings is 2. The fourth-order valence-corrected chi connectivity index (χ4v) is 4.37. The second-order valence-electron chi connectivity index (χ2n) is 7.08. The van der Waals surface area contributed by atoms with Crippen molar-refractivity contribution in [3.63, 3.8) is 0 Å². The zero-order chi connectivity index (χ0) is 20.2. The van der Waals surface area contributed by atoms with Crippen LogP contribution in [0.15, 0.2) is 66.0 Å². The first-order valence-electron chi connectivity index (χ1n) is 9.66. The van der Waals surface area contributed by atoms with E-state index in [1.54, 1.807) is 18.4 Å². The van der Waals surface area contributed by atoms with Crippen molar-refractivity contribution in [3.05, 3.63) is 76.5 Å². The number of fused-ring (bicyclic) bond motifs is 1. The molecule has 0 saturated heterocycles. The summed E-state index contributed by atoms with van der Waals surface area (Å²) in [6.07, 6.45) is 1.17. The molecule has 2 aromatic carbocycles. The van der Waals surface area contributed by atoms with Crippen molar-refractivity contribution in [2.75, 3.05) is 14.2 Å². The molecule has 0 aliphatic rings. The molecule has 5 heteroatoms. The van der Waals surface area contributed by atoms with Crippen molar-refractivity contribution in [3.8, 4) is 17.0 Å². The lowest BCUT2D eigenvalue weighted by Crippen LogP contribution is -2.26. The van der Waals surface area contributed by atoms with Crippen LogP contribution in [0.3, 0.4) is 0 Å². The molecule has 0 fully saturated rings. The molecule has 0 spiro atoms. The molecule has 0 aliphatic heterocycles. The van der Waals surface area contributed by atoms with Gasteiger partial charge in [0.15, 0.2) is 0 Å². The molecule has 0 unspecified atom stereocenters. The first kappa shape index (κ1) is 19.3. The van der Waals surface area contributed by atoms with E-state index >= 15 is 0 Å². The highest BCUT2D eigenvalue weighted by molar-refractivity contribution is 7.09. The number of nitrogens with one attached hydrogen (secondary N) is 1. The van der Waals surface area contributed by atoms with Gasteiger partial charge in [-0.1, -0.05) is 24.3 Å². The quantitative estimate of drug-likeness (QED) is 0.442. The van der Waals surface area contributed by atoms with Crippen molar-refractivity contribution in [1.82, 2.24) is 9.88 Å². The third-order valence-electron chi connectivity index (χ3n) is 5.18. The molecule has 4 nitrogen and oxygen atoms in total. The number of carbonyl (C=O) groups is 1. The summed E-state index contributed by atoms with van der Waals surface area (Å²) in [6, 6.07) is 20.4. The van der Waals surface area contributed by atoms with Gasteiger partial charge in [-0.05, 0) is 59.3 Å². The summed E-state index contributed by atoms with van der Waals surface area (Å²) in [5, 5.41) is 3.22. The Morgan fingerprint density at radius 1 is 1.07 bits per heavy atom. The van der Waals surface area contributed by atoms with Crippen LogP contribution in [-0.4, -0.2) is 29.9 Å². The number of amides is 1. The number of carbonyl (C=O) groups excluding carboxylic acids is 1. The maximum absolute atomic E-state index is 12.7. The Morgan fingerprint density at radius 3 is 2.59 bits per heavy atom. The van der Waals surface area contributed by atoms with E-state index in [0.717, 1.165) is 22.5 Å². The van der Waals surface area contributed by atoms with Crippen LogP contribution in [0, 0.1) is 0 Å². The average Bonchev–Trinajstić information content (AvgIpc) is 3.39. The first-order valence-corrected chi connectivity index (χ1v) is 10.5. The Bertz CT molecular complexity index is 1100. The maximum atomic E-state index is 12.7. The normalized spacial score (nSPS) is 11.0. The van der Waals surface area contributed by atoms with Crippen LogP contribution >= 0.6 is 11.3 Å². The van der Waals surface area contributed by atoms with Crippen LogP contribution < -0.4 is 4.74 Å². The van der Waals surface area contributed by atoms with Gasteiger partial charge in [0.25, 0.3) is 0 Å². The molecule has 4 aromatic rings. The van der Waals surface area contributed by atoms with E-state index in [2.05, 4.69) is 35.3 Å². The topological polar surface area (TPSA) is 45.3 Å². The van der Waals surface area contributed by atoms with Crippen molar-refractivity contribution in [2.45, 2.75) is 19.4 Å². The molecule has 0 bridgehead atoms. The Hall–Kier alpha value is -3.05. The third-order valence-corrected chi connectivity index (χ3v) is 6.04. The predicted molar refractivity (Wildman–Crippen MR) is 119 cm³/mol. The number of H-pyrrole nitrogens is 1. The molecule has 2 heterocycles. The molecule has 4 rings (SSSR count). The van der Waals surface area contributed by atoms with Crippen molar-refractivity contribution in [2.24, 2.45) is 0 Å². The molecule has 1 amide bonds.